The van der Waals surface area contributed by atoms with Crippen LogP contribution in [-0.2, 0) is 12.7 Å². The van der Waals surface area contributed by atoms with Crippen LogP contribution >= 0.6 is 0 Å². The quantitative estimate of drug-likeness (QED) is 0.769. The molecule has 1 aromatic heterocycles. The topological polar surface area (TPSA) is 17.8 Å². The van der Waals surface area contributed by atoms with Gasteiger partial charge in [-0.15, -0.1) is 0 Å². The molecule has 0 aliphatic heterocycles. The Hall–Kier alpha value is -1.14. The molecule has 0 spiro atoms. The van der Waals surface area contributed by atoms with Crippen LogP contribution in [-0.4, -0.2) is 15.7 Å². The summed E-state index contributed by atoms with van der Waals surface area (Å²) in [5, 5.41) is 3.96. The van der Waals surface area contributed by atoms with Gasteiger partial charge in [-0.1, -0.05) is 0 Å². The predicted molar refractivity (Wildman–Crippen MR) is 56.9 cm³/mol. The number of hydrogen-bond acceptors (Lipinski definition) is 1. The van der Waals surface area contributed by atoms with Gasteiger partial charge < -0.3 is 0 Å². The number of hydrogen-bond donors (Lipinski definition) is 0. The van der Waals surface area contributed by atoms with Gasteiger partial charge in [0.2, 0.25) is 5.92 Å². The van der Waals surface area contributed by atoms with E-state index < -0.39 is 17.7 Å². The van der Waals surface area contributed by atoms with E-state index in [0.29, 0.717) is 0 Å². The minimum atomic E-state index is -4.42. The second-order valence-electron chi connectivity index (χ2n) is 5.55. The number of rotatable bonds is 3. The van der Waals surface area contributed by atoms with Gasteiger partial charge in [-0.05, 0) is 18.8 Å². The van der Waals surface area contributed by atoms with Gasteiger partial charge in [-0.3, -0.25) is 4.68 Å². The molecule has 3 rings (SSSR count). The van der Waals surface area contributed by atoms with E-state index in [2.05, 4.69) is 5.10 Å². The van der Waals surface area contributed by atoms with Crippen LogP contribution in [0.25, 0.3) is 0 Å². The van der Waals surface area contributed by atoms with Crippen molar-refractivity contribution in [2.75, 3.05) is 0 Å². The van der Waals surface area contributed by atoms with Crippen molar-refractivity contribution < 1.29 is 22.0 Å². The Morgan fingerprint density at radius 2 is 1.89 bits per heavy atom. The molecular weight excluding hydrogens is 267 g/mol. The van der Waals surface area contributed by atoms with Crippen molar-refractivity contribution in [3.8, 4) is 0 Å². The molecule has 0 unspecified atom stereocenters. The smallest absolute Gasteiger partial charge is 0.272 e. The van der Waals surface area contributed by atoms with Gasteiger partial charge in [-0.25, -0.2) is 8.78 Å². The molecule has 0 N–H and O–H groups in total. The fourth-order valence-electron chi connectivity index (χ4n) is 2.59. The summed E-state index contributed by atoms with van der Waals surface area (Å²) in [6.07, 6.45) is -2.52. The zero-order valence-electron chi connectivity index (χ0n) is 10.1. The predicted octanol–water partition coefficient (Wildman–Crippen LogP) is 3.82. The SMILES string of the molecule is FC1(F)CC(Cn2cc(C(F)(F)F)c(C3CC3)n2)C1. The normalized spacial score (nSPS) is 23.4. The molecule has 0 amide bonds. The first kappa shape index (κ1) is 12.9. The van der Waals surface area contributed by atoms with Crippen LogP contribution < -0.4 is 0 Å². The van der Waals surface area contributed by atoms with Crippen molar-refractivity contribution in [1.29, 1.82) is 0 Å². The van der Waals surface area contributed by atoms with Gasteiger partial charge >= 0.3 is 6.18 Å². The maximum atomic E-state index is 12.8. The molecule has 2 saturated carbocycles. The van der Waals surface area contributed by atoms with Crippen LogP contribution in [0.1, 0.15) is 42.9 Å². The average molecular weight is 280 g/mol. The number of nitrogens with zero attached hydrogens (tertiary/aromatic N) is 2. The molecule has 7 heteroatoms. The second kappa shape index (κ2) is 3.93. The highest BCUT2D eigenvalue weighted by Crippen LogP contribution is 2.46. The average Bonchev–Trinajstić information content (AvgIpc) is 2.96. The van der Waals surface area contributed by atoms with Crippen LogP contribution in [0.15, 0.2) is 6.20 Å². The molecule has 0 radical (unpaired) electrons. The summed E-state index contributed by atoms with van der Waals surface area (Å²) in [6.45, 7) is 0.144. The molecule has 106 valence electrons. The van der Waals surface area contributed by atoms with Crippen molar-refractivity contribution in [1.82, 2.24) is 9.78 Å². The highest BCUT2D eigenvalue weighted by Gasteiger charge is 2.46. The first-order chi connectivity index (χ1) is 8.74. The Kier molecular flexibility index (Phi) is 2.66. The van der Waals surface area contributed by atoms with E-state index in [1.807, 2.05) is 0 Å². The monoisotopic (exact) mass is 280 g/mol. The minimum absolute atomic E-state index is 0.0820. The summed E-state index contributed by atoms with van der Waals surface area (Å²) < 4.78 is 65.1. The fourth-order valence-corrected chi connectivity index (χ4v) is 2.59. The van der Waals surface area contributed by atoms with E-state index in [0.717, 1.165) is 19.0 Å². The van der Waals surface area contributed by atoms with E-state index in [1.165, 1.54) is 4.68 Å². The van der Waals surface area contributed by atoms with Gasteiger partial charge in [0.25, 0.3) is 0 Å². The molecule has 1 aromatic rings. The molecule has 2 nitrogen and oxygen atoms in total. The third kappa shape index (κ3) is 2.60. The molecule has 0 saturated heterocycles. The number of aromatic nitrogens is 2. The molecule has 2 aliphatic carbocycles. The van der Waals surface area contributed by atoms with E-state index >= 15 is 0 Å². The molecule has 19 heavy (non-hydrogen) atoms. The van der Waals surface area contributed by atoms with E-state index in [4.69, 9.17) is 0 Å². The Morgan fingerprint density at radius 1 is 1.26 bits per heavy atom. The van der Waals surface area contributed by atoms with Crippen molar-refractivity contribution in [3.63, 3.8) is 0 Å². The van der Waals surface area contributed by atoms with Crippen LogP contribution in [0.2, 0.25) is 0 Å². The van der Waals surface area contributed by atoms with E-state index in [-0.39, 0.29) is 36.9 Å². The highest BCUT2D eigenvalue weighted by atomic mass is 19.4. The van der Waals surface area contributed by atoms with Crippen molar-refractivity contribution >= 4 is 0 Å². The van der Waals surface area contributed by atoms with Crippen LogP contribution in [0.3, 0.4) is 0 Å². The zero-order chi connectivity index (χ0) is 13.8. The fraction of sp³-hybridized carbons (Fsp3) is 0.750. The largest absolute Gasteiger partial charge is 0.419 e. The van der Waals surface area contributed by atoms with Gasteiger partial charge in [0, 0.05) is 31.5 Å². The van der Waals surface area contributed by atoms with Crippen molar-refractivity contribution in [2.24, 2.45) is 5.92 Å². The number of alkyl halides is 5. The van der Waals surface area contributed by atoms with Gasteiger partial charge in [-0.2, -0.15) is 18.3 Å². The summed E-state index contributed by atoms with van der Waals surface area (Å²) in [5.41, 5.74) is -0.625. The Bertz CT molecular complexity index is 479. The summed E-state index contributed by atoms with van der Waals surface area (Å²) in [5.74, 6) is -3.03. The molecule has 0 bridgehead atoms. The van der Waals surface area contributed by atoms with Gasteiger partial charge in [0.1, 0.15) is 0 Å². The second-order valence-corrected chi connectivity index (χ2v) is 5.55. The Labute approximate surface area is 106 Å². The van der Waals surface area contributed by atoms with Gasteiger partial charge in [0.15, 0.2) is 0 Å². The van der Waals surface area contributed by atoms with Crippen molar-refractivity contribution in [3.05, 3.63) is 17.5 Å². The molecule has 2 aliphatic rings. The third-order valence-corrected chi connectivity index (χ3v) is 3.68. The lowest BCUT2D eigenvalue weighted by Crippen LogP contribution is -2.37. The molecule has 1 heterocycles. The first-order valence-electron chi connectivity index (χ1n) is 6.27. The van der Waals surface area contributed by atoms with E-state index in [1.54, 1.807) is 0 Å². The molecule has 0 atom stereocenters. The first-order valence-corrected chi connectivity index (χ1v) is 6.27. The highest BCUT2D eigenvalue weighted by molar-refractivity contribution is 5.27. The molecule has 0 aromatic carbocycles. The molecular formula is C12H13F5N2. The van der Waals surface area contributed by atoms with Crippen LogP contribution in [0.4, 0.5) is 22.0 Å². The Balaban J connectivity index is 1.76. The van der Waals surface area contributed by atoms with Crippen LogP contribution in [0, 0.1) is 5.92 Å². The van der Waals surface area contributed by atoms with Crippen molar-refractivity contribution in [2.45, 2.75) is 50.2 Å². The summed E-state index contributed by atoms with van der Waals surface area (Å²) in [7, 11) is 0. The summed E-state index contributed by atoms with van der Waals surface area (Å²) >= 11 is 0. The standard InChI is InChI=1S/C12H13F5N2/c13-11(14)3-7(4-11)5-19-6-9(12(15,16)17)10(18-19)8-1-2-8/h6-8H,1-5H2. The zero-order valence-corrected chi connectivity index (χ0v) is 10.1. The van der Waals surface area contributed by atoms with Gasteiger partial charge in [0.05, 0.1) is 11.3 Å². The Morgan fingerprint density at radius 3 is 2.37 bits per heavy atom. The maximum Gasteiger partial charge on any atom is 0.419 e. The third-order valence-electron chi connectivity index (χ3n) is 3.68. The van der Waals surface area contributed by atoms with E-state index in [9.17, 15) is 22.0 Å². The lowest BCUT2D eigenvalue weighted by atomic mass is 9.81. The minimum Gasteiger partial charge on any atom is -0.272 e. The lowest BCUT2D eigenvalue weighted by molar-refractivity contribution is -0.138. The summed E-state index contributed by atoms with van der Waals surface area (Å²) in [4.78, 5) is 0. The van der Waals surface area contributed by atoms with Crippen LogP contribution in [0.5, 0.6) is 0 Å². The molecule has 2 fully saturated rings. The lowest BCUT2D eigenvalue weighted by Gasteiger charge is -2.34. The maximum absolute atomic E-state index is 12.8. The number of halogens is 5. The summed E-state index contributed by atoms with van der Waals surface area (Å²) in [6, 6.07) is 0.